The summed E-state index contributed by atoms with van der Waals surface area (Å²) in [7, 11) is 2.11. The van der Waals surface area contributed by atoms with Crippen LogP contribution >= 0.6 is 11.6 Å². The number of rotatable bonds is 7. The monoisotopic (exact) mass is 339 g/mol. The topological polar surface area (TPSA) is 64.6 Å². The minimum atomic E-state index is -0.737. The number of aliphatic hydroxyl groups is 1. The highest BCUT2D eigenvalue weighted by Crippen LogP contribution is 2.21. The number of carbonyl (C=O) groups is 1. The Morgan fingerprint density at radius 3 is 2.61 bits per heavy atom. The van der Waals surface area contributed by atoms with E-state index in [1.807, 2.05) is 0 Å². The van der Waals surface area contributed by atoms with Crippen LogP contribution in [0.2, 0.25) is 5.02 Å². The molecule has 1 saturated carbocycles. The lowest BCUT2D eigenvalue weighted by Crippen LogP contribution is -2.42. The Morgan fingerprint density at radius 1 is 1.30 bits per heavy atom. The fraction of sp³-hybridized carbons (Fsp3) is 0.588. The molecule has 1 aliphatic rings. The molecule has 6 heteroatoms. The number of hydrogen-bond donors (Lipinski definition) is 3. The summed E-state index contributed by atoms with van der Waals surface area (Å²) >= 11 is 5.81. The summed E-state index contributed by atoms with van der Waals surface area (Å²) in [4.78, 5) is 14.1. The van der Waals surface area contributed by atoms with Crippen molar-refractivity contribution in [3.63, 3.8) is 0 Å². The molecule has 0 saturated heterocycles. The molecule has 2 amide bonds. The maximum Gasteiger partial charge on any atom is 0.314 e. The number of aliphatic hydroxyl groups excluding tert-OH is 1. The SMILES string of the molecule is CN(CCNC(=O)NCC(O)c1ccc(Cl)cc1)C1CCCC1. The summed E-state index contributed by atoms with van der Waals surface area (Å²) in [6.07, 6.45) is 4.40. The highest BCUT2D eigenvalue weighted by molar-refractivity contribution is 6.30. The molecule has 0 radical (unpaired) electrons. The maximum absolute atomic E-state index is 11.8. The van der Waals surface area contributed by atoms with Crippen molar-refractivity contribution in [3.8, 4) is 0 Å². The summed E-state index contributed by atoms with van der Waals surface area (Å²) in [5.74, 6) is 0. The Morgan fingerprint density at radius 2 is 1.96 bits per heavy atom. The van der Waals surface area contributed by atoms with Gasteiger partial charge in [0.15, 0.2) is 0 Å². The number of hydrogen-bond acceptors (Lipinski definition) is 3. The highest BCUT2D eigenvalue weighted by Gasteiger charge is 2.19. The van der Waals surface area contributed by atoms with Gasteiger partial charge in [0.05, 0.1) is 6.10 Å². The van der Waals surface area contributed by atoms with E-state index in [0.717, 1.165) is 12.1 Å². The van der Waals surface area contributed by atoms with Crippen molar-refractivity contribution >= 4 is 17.6 Å². The standard InChI is InChI=1S/C17H26ClN3O2/c1-21(15-4-2-3-5-15)11-10-19-17(23)20-12-16(22)13-6-8-14(18)9-7-13/h6-9,15-16,22H,2-5,10-12H2,1H3,(H2,19,20,23). The van der Waals surface area contributed by atoms with Crippen LogP contribution in [0, 0.1) is 0 Å². The predicted molar refractivity (Wildman–Crippen MR) is 92.7 cm³/mol. The van der Waals surface area contributed by atoms with Gasteiger partial charge in [0.2, 0.25) is 0 Å². The Balaban J connectivity index is 1.61. The first kappa shape index (κ1) is 18.0. The molecule has 5 nitrogen and oxygen atoms in total. The van der Waals surface area contributed by atoms with Crippen LogP contribution in [0.4, 0.5) is 4.79 Å². The molecule has 0 heterocycles. The van der Waals surface area contributed by atoms with E-state index in [4.69, 9.17) is 11.6 Å². The molecule has 0 aromatic heterocycles. The van der Waals surface area contributed by atoms with E-state index in [9.17, 15) is 9.90 Å². The van der Waals surface area contributed by atoms with Crippen LogP contribution < -0.4 is 10.6 Å². The van der Waals surface area contributed by atoms with Gasteiger partial charge in [0, 0.05) is 30.7 Å². The number of nitrogens with one attached hydrogen (secondary N) is 2. The van der Waals surface area contributed by atoms with E-state index in [2.05, 4.69) is 22.6 Å². The van der Waals surface area contributed by atoms with Crippen molar-refractivity contribution in [2.45, 2.75) is 37.8 Å². The van der Waals surface area contributed by atoms with Gasteiger partial charge in [-0.15, -0.1) is 0 Å². The quantitative estimate of drug-likeness (QED) is 0.715. The summed E-state index contributed by atoms with van der Waals surface area (Å²) in [5, 5.41) is 16.2. The summed E-state index contributed by atoms with van der Waals surface area (Å²) in [6, 6.07) is 7.36. The third-order valence-electron chi connectivity index (χ3n) is 4.41. The number of benzene rings is 1. The van der Waals surface area contributed by atoms with Gasteiger partial charge in [-0.05, 0) is 37.6 Å². The van der Waals surface area contributed by atoms with Gasteiger partial charge < -0.3 is 20.6 Å². The summed E-state index contributed by atoms with van der Waals surface area (Å²) in [6.45, 7) is 1.62. The smallest absolute Gasteiger partial charge is 0.314 e. The van der Waals surface area contributed by atoms with Gasteiger partial charge in [-0.25, -0.2) is 4.79 Å². The number of nitrogens with zero attached hydrogens (tertiary/aromatic N) is 1. The zero-order valence-corrected chi connectivity index (χ0v) is 14.4. The molecule has 1 unspecified atom stereocenters. The Kier molecular flexibility index (Phi) is 7.15. The largest absolute Gasteiger partial charge is 0.387 e. The first-order valence-electron chi connectivity index (χ1n) is 8.21. The van der Waals surface area contributed by atoms with Crippen molar-refractivity contribution in [3.05, 3.63) is 34.9 Å². The fourth-order valence-corrected chi connectivity index (χ4v) is 3.05. The third kappa shape index (κ3) is 6.01. The second kappa shape index (κ2) is 9.11. The lowest BCUT2D eigenvalue weighted by molar-refractivity contribution is 0.172. The molecule has 1 aromatic carbocycles. The van der Waals surface area contributed by atoms with Crippen LogP contribution in [0.15, 0.2) is 24.3 Å². The number of urea groups is 1. The Labute approximate surface area is 143 Å². The van der Waals surface area contributed by atoms with Crippen molar-refractivity contribution in [1.29, 1.82) is 0 Å². The second-order valence-electron chi connectivity index (χ2n) is 6.12. The first-order valence-corrected chi connectivity index (χ1v) is 8.59. The number of likely N-dealkylation sites (N-methyl/N-ethyl adjacent to an activating group) is 1. The van der Waals surface area contributed by atoms with Crippen LogP contribution in [0.3, 0.4) is 0 Å². The molecular weight excluding hydrogens is 314 g/mol. The lowest BCUT2D eigenvalue weighted by atomic mass is 10.1. The van der Waals surface area contributed by atoms with Gasteiger partial charge in [-0.3, -0.25) is 0 Å². The maximum atomic E-state index is 11.8. The molecule has 1 aliphatic carbocycles. The minimum absolute atomic E-state index is 0.173. The van der Waals surface area contributed by atoms with E-state index < -0.39 is 6.10 Å². The van der Waals surface area contributed by atoms with E-state index in [-0.39, 0.29) is 12.6 Å². The van der Waals surface area contributed by atoms with Gasteiger partial charge >= 0.3 is 6.03 Å². The first-order chi connectivity index (χ1) is 11.1. The zero-order chi connectivity index (χ0) is 16.7. The summed E-state index contributed by atoms with van der Waals surface area (Å²) < 4.78 is 0. The van der Waals surface area contributed by atoms with Gasteiger partial charge in [-0.2, -0.15) is 0 Å². The number of carbonyl (C=O) groups excluding carboxylic acids is 1. The molecule has 23 heavy (non-hydrogen) atoms. The van der Waals surface area contributed by atoms with Crippen LogP contribution in [0.5, 0.6) is 0 Å². The molecular formula is C17H26ClN3O2. The zero-order valence-electron chi connectivity index (χ0n) is 13.6. The molecule has 128 valence electrons. The van der Waals surface area contributed by atoms with E-state index in [1.54, 1.807) is 24.3 Å². The van der Waals surface area contributed by atoms with Crippen LogP contribution in [-0.2, 0) is 0 Å². The number of amides is 2. The molecule has 1 fully saturated rings. The van der Waals surface area contributed by atoms with E-state index >= 15 is 0 Å². The summed E-state index contributed by atoms with van der Waals surface area (Å²) in [5.41, 5.74) is 0.732. The van der Waals surface area contributed by atoms with Gasteiger partial charge in [0.1, 0.15) is 0 Å². The predicted octanol–water partition coefficient (Wildman–Crippen LogP) is 2.55. The molecule has 1 aromatic rings. The van der Waals surface area contributed by atoms with Crippen LogP contribution in [0.1, 0.15) is 37.4 Å². The van der Waals surface area contributed by atoms with Crippen molar-refractivity contribution in [2.24, 2.45) is 0 Å². The van der Waals surface area contributed by atoms with Crippen molar-refractivity contribution < 1.29 is 9.90 Å². The minimum Gasteiger partial charge on any atom is -0.387 e. The average molecular weight is 340 g/mol. The fourth-order valence-electron chi connectivity index (χ4n) is 2.93. The van der Waals surface area contributed by atoms with Gasteiger partial charge in [0.25, 0.3) is 0 Å². The van der Waals surface area contributed by atoms with Crippen LogP contribution in [-0.4, -0.2) is 48.8 Å². The Hall–Kier alpha value is -1.30. The normalized spacial score (nSPS) is 16.5. The molecule has 0 spiro atoms. The van der Waals surface area contributed by atoms with Crippen molar-refractivity contribution in [2.75, 3.05) is 26.7 Å². The second-order valence-corrected chi connectivity index (χ2v) is 6.56. The van der Waals surface area contributed by atoms with E-state index in [0.29, 0.717) is 17.6 Å². The van der Waals surface area contributed by atoms with Gasteiger partial charge in [-0.1, -0.05) is 36.6 Å². The molecule has 3 N–H and O–H groups in total. The third-order valence-corrected chi connectivity index (χ3v) is 4.66. The van der Waals surface area contributed by atoms with Crippen molar-refractivity contribution in [1.82, 2.24) is 15.5 Å². The average Bonchev–Trinajstić information content (AvgIpc) is 3.07. The molecule has 2 rings (SSSR count). The molecule has 0 aliphatic heterocycles. The Bertz CT molecular complexity index is 489. The number of halogens is 1. The lowest BCUT2D eigenvalue weighted by Gasteiger charge is -2.24. The van der Waals surface area contributed by atoms with Crippen LogP contribution in [0.25, 0.3) is 0 Å². The molecule has 0 bridgehead atoms. The van der Waals surface area contributed by atoms with E-state index in [1.165, 1.54) is 25.7 Å². The molecule has 1 atom stereocenters. The highest BCUT2D eigenvalue weighted by atomic mass is 35.5.